The highest BCUT2D eigenvalue weighted by molar-refractivity contribution is 5.84. The predicted molar refractivity (Wildman–Crippen MR) is 88.5 cm³/mol. The lowest BCUT2D eigenvalue weighted by Crippen LogP contribution is -2.63. The number of esters is 2. The molecule has 0 aromatic carbocycles. The van der Waals surface area contributed by atoms with Crippen LogP contribution < -0.4 is 0 Å². The number of nitrogens with zero attached hydrogens (tertiary/aromatic N) is 1. The molecule has 140 valence electrons. The van der Waals surface area contributed by atoms with E-state index in [2.05, 4.69) is 4.90 Å². The van der Waals surface area contributed by atoms with Gasteiger partial charge in [0.05, 0.1) is 12.0 Å². The number of ether oxygens (including phenoxy) is 2. The number of carbonyl (C=O) groups is 2. The van der Waals surface area contributed by atoms with Crippen LogP contribution in [0.15, 0.2) is 11.6 Å². The van der Waals surface area contributed by atoms with Gasteiger partial charge >= 0.3 is 11.9 Å². The van der Waals surface area contributed by atoms with Crippen molar-refractivity contribution < 1.29 is 29.3 Å². The molecular weight excluding hydrogens is 326 g/mol. The Bertz CT molecular complexity index is 609. The molecule has 0 aromatic heterocycles. The second-order valence-electron chi connectivity index (χ2n) is 8.00. The predicted octanol–water partition coefficient (Wildman–Crippen LogP) is 0.244. The highest BCUT2D eigenvalue weighted by Gasteiger charge is 2.58. The van der Waals surface area contributed by atoms with Crippen LogP contribution in [0.4, 0.5) is 0 Å². The van der Waals surface area contributed by atoms with Gasteiger partial charge in [-0.05, 0) is 31.8 Å². The first kappa shape index (κ1) is 18.4. The summed E-state index contributed by atoms with van der Waals surface area (Å²) in [6.07, 6.45) is 2.34. The van der Waals surface area contributed by atoms with Gasteiger partial charge in [-0.2, -0.15) is 0 Å². The highest BCUT2D eigenvalue weighted by Crippen LogP contribution is 2.39. The number of hydrogen-bond acceptors (Lipinski definition) is 7. The van der Waals surface area contributed by atoms with E-state index in [1.54, 1.807) is 13.8 Å². The minimum absolute atomic E-state index is 0.0205. The SMILES string of the molecule is CC(C)[C@H]1C(=O)O[C@@H]2CCN3CC=C(COC(=O)C(C)(O)C1(C)O)[C@H]23. The molecule has 0 aromatic rings. The molecule has 2 unspecified atom stereocenters. The topological polar surface area (TPSA) is 96.3 Å². The Hall–Kier alpha value is -1.44. The zero-order chi connectivity index (χ0) is 18.6. The maximum Gasteiger partial charge on any atom is 0.341 e. The van der Waals surface area contributed by atoms with Crippen LogP contribution in [-0.4, -0.2) is 70.1 Å². The van der Waals surface area contributed by atoms with E-state index >= 15 is 0 Å². The maximum absolute atomic E-state index is 12.9. The summed E-state index contributed by atoms with van der Waals surface area (Å²) in [5, 5.41) is 21.7. The van der Waals surface area contributed by atoms with E-state index in [9.17, 15) is 19.8 Å². The van der Waals surface area contributed by atoms with Crippen molar-refractivity contribution in [3.63, 3.8) is 0 Å². The van der Waals surface area contributed by atoms with E-state index < -0.39 is 29.1 Å². The fraction of sp³-hybridized carbons (Fsp3) is 0.778. The van der Waals surface area contributed by atoms with Gasteiger partial charge in [-0.15, -0.1) is 0 Å². The Balaban J connectivity index is 2.02. The molecule has 3 rings (SSSR count). The molecule has 5 atom stereocenters. The van der Waals surface area contributed by atoms with E-state index in [0.717, 1.165) is 18.7 Å². The molecule has 25 heavy (non-hydrogen) atoms. The Morgan fingerprint density at radius 2 is 1.96 bits per heavy atom. The van der Waals surface area contributed by atoms with Crippen LogP contribution in [0.25, 0.3) is 0 Å². The van der Waals surface area contributed by atoms with E-state index in [-0.39, 0.29) is 24.7 Å². The summed E-state index contributed by atoms with van der Waals surface area (Å²) in [4.78, 5) is 27.6. The molecule has 0 saturated carbocycles. The molecule has 2 fully saturated rings. The molecule has 0 aliphatic carbocycles. The molecule has 7 nitrogen and oxygen atoms in total. The van der Waals surface area contributed by atoms with Gasteiger partial charge < -0.3 is 19.7 Å². The van der Waals surface area contributed by atoms with Gasteiger partial charge in [0.2, 0.25) is 0 Å². The molecule has 3 aliphatic heterocycles. The lowest BCUT2D eigenvalue weighted by Gasteiger charge is -2.42. The Kier molecular flexibility index (Phi) is 4.46. The van der Waals surface area contributed by atoms with E-state index in [1.165, 1.54) is 13.8 Å². The standard InChI is InChI=1S/C18H27NO6/c1-10(2)13-15(20)25-12-6-8-19-7-5-11(14(12)19)9-24-16(21)18(4,23)17(13,3)22/h5,10,12-14,22-23H,6-9H2,1-4H3/t12-,13+,14-,17?,18?/m1/s1. The first-order valence-electron chi connectivity index (χ1n) is 8.82. The second-order valence-corrected chi connectivity index (χ2v) is 8.00. The number of carbonyl (C=O) groups excluding carboxylic acids is 2. The van der Waals surface area contributed by atoms with Crippen LogP contribution in [0.2, 0.25) is 0 Å². The summed E-state index contributed by atoms with van der Waals surface area (Å²) in [7, 11) is 0. The van der Waals surface area contributed by atoms with E-state index in [1.807, 2.05) is 6.08 Å². The first-order chi connectivity index (χ1) is 11.6. The third-order valence-electron chi connectivity index (χ3n) is 5.96. The fourth-order valence-electron chi connectivity index (χ4n) is 4.30. The molecule has 0 spiro atoms. The minimum Gasteiger partial charge on any atom is -0.460 e. The van der Waals surface area contributed by atoms with E-state index in [4.69, 9.17) is 9.47 Å². The van der Waals surface area contributed by atoms with Crippen molar-refractivity contribution >= 4 is 11.9 Å². The monoisotopic (exact) mass is 353 g/mol. The van der Waals surface area contributed by atoms with Gasteiger partial charge in [0.1, 0.15) is 18.3 Å². The van der Waals surface area contributed by atoms with Crippen molar-refractivity contribution in [3.05, 3.63) is 11.6 Å². The first-order valence-corrected chi connectivity index (χ1v) is 8.82. The zero-order valence-electron chi connectivity index (χ0n) is 15.2. The average Bonchev–Trinajstić information content (AvgIpc) is 3.06. The molecule has 0 radical (unpaired) electrons. The van der Waals surface area contributed by atoms with Crippen molar-refractivity contribution in [2.45, 2.75) is 57.5 Å². The average molecular weight is 353 g/mol. The molecule has 3 aliphatic rings. The van der Waals surface area contributed by atoms with Gasteiger partial charge in [-0.1, -0.05) is 19.9 Å². The largest absolute Gasteiger partial charge is 0.460 e. The Labute approximate surface area is 147 Å². The minimum atomic E-state index is -2.24. The molecule has 0 bridgehead atoms. The van der Waals surface area contributed by atoms with Crippen LogP contribution in [0, 0.1) is 11.8 Å². The van der Waals surface area contributed by atoms with Crippen LogP contribution >= 0.6 is 0 Å². The van der Waals surface area contributed by atoms with Crippen molar-refractivity contribution in [3.8, 4) is 0 Å². The number of hydrogen-bond donors (Lipinski definition) is 2. The van der Waals surface area contributed by atoms with Crippen LogP contribution in [0.3, 0.4) is 0 Å². The smallest absolute Gasteiger partial charge is 0.341 e. The normalized spacial score (nSPS) is 42.5. The van der Waals surface area contributed by atoms with Gasteiger partial charge in [0.15, 0.2) is 5.60 Å². The summed E-state index contributed by atoms with van der Waals surface area (Å²) >= 11 is 0. The zero-order valence-corrected chi connectivity index (χ0v) is 15.2. The molecule has 7 heteroatoms. The van der Waals surface area contributed by atoms with Gasteiger partial charge in [0.25, 0.3) is 0 Å². The third-order valence-corrected chi connectivity index (χ3v) is 5.96. The van der Waals surface area contributed by atoms with Crippen molar-refractivity contribution in [2.24, 2.45) is 11.8 Å². The summed E-state index contributed by atoms with van der Waals surface area (Å²) in [5.74, 6) is -2.92. The van der Waals surface area contributed by atoms with Crippen molar-refractivity contribution in [1.82, 2.24) is 4.90 Å². The highest BCUT2D eigenvalue weighted by atomic mass is 16.6. The quantitative estimate of drug-likeness (QED) is 0.515. The van der Waals surface area contributed by atoms with Crippen LogP contribution in [0.5, 0.6) is 0 Å². The second kappa shape index (κ2) is 6.07. The van der Waals surface area contributed by atoms with Crippen LogP contribution in [-0.2, 0) is 19.1 Å². The lowest BCUT2D eigenvalue weighted by molar-refractivity contribution is -0.210. The summed E-state index contributed by atoms with van der Waals surface area (Å²) in [6, 6.07) is -0.0995. The fourth-order valence-corrected chi connectivity index (χ4v) is 4.30. The molecule has 2 saturated heterocycles. The molecule has 0 amide bonds. The Morgan fingerprint density at radius 1 is 1.28 bits per heavy atom. The van der Waals surface area contributed by atoms with Crippen molar-refractivity contribution in [1.29, 1.82) is 0 Å². The van der Waals surface area contributed by atoms with Crippen LogP contribution in [0.1, 0.15) is 34.1 Å². The molecule has 2 N–H and O–H groups in total. The van der Waals surface area contributed by atoms with E-state index in [0.29, 0.717) is 6.42 Å². The van der Waals surface area contributed by atoms with Gasteiger partial charge in [0, 0.05) is 13.1 Å². The number of rotatable bonds is 1. The summed E-state index contributed by atoms with van der Waals surface area (Å²) in [6.45, 7) is 7.54. The third kappa shape index (κ3) is 2.78. The lowest BCUT2D eigenvalue weighted by atomic mass is 9.71. The van der Waals surface area contributed by atoms with Gasteiger partial charge in [-0.3, -0.25) is 9.69 Å². The molecular formula is C18H27NO6. The van der Waals surface area contributed by atoms with Crippen molar-refractivity contribution in [2.75, 3.05) is 19.7 Å². The Morgan fingerprint density at radius 3 is 2.60 bits per heavy atom. The summed E-state index contributed by atoms with van der Waals surface area (Å²) in [5.41, 5.74) is -3.39. The molecule has 3 heterocycles. The maximum atomic E-state index is 12.9. The van der Waals surface area contributed by atoms with Gasteiger partial charge in [-0.25, -0.2) is 4.79 Å². The number of cyclic esters (lactones) is 1. The summed E-state index contributed by atoms with van der Waals surface area (Å²) < 4.78 is 11.1. The number of aliphatic hydroxyl groups is 2.